The SMILES string of the molecule is Cc1ccc(S(N)(=O)=O)cc1C(=O)N(Cc1ccccc1F)C1CC1. The Balaban J connectivity index is 1.95. The van der Waals surface area contributed by atoms with Crippen LogP contribution in [-0.4, -0.2) is 25.3 Å². The van der Waals surface area contributed by atoms with Crippen LogP contribution in [-0.2, 0) is 16.6 Å². The summed E-state index contributed by atoms with van der Waals surface area (Å²) < 4.78 is 37.1. The molecule has 25 heavy (non-hydrogen) atoms. The average Bonchev–Trinajstić information content (AvgIpc) is 3.37. The molecular formula is C18H19FN2O3S. The summed E-state index contributed by atoms with van der Waals surface area (Å²) in [6.07, 6.45) is 1.71. The van der Waals surface area contributed by atoms with E-state index in [2.05, 4.69) is 0 Å². The predicted molar refractivity (Wildman–Crippen MR) is 91.8 cm³/mol. The molecule has 2 aromatic carbocycles. The molecule has 0 bridgehead atoms. The van der Waals surface area contributed by atoms with Crippen LogP contribution in [0, 0.1) is 12.7 Å². The second-order valence-corrected chi connectivity index (χ2v) is 7.84. The maximum atomic E-state index is 14.0. The van der Waals surface area contributed by atoms with Crippen molar-refractivity contribution >= 4 is 15.9 Å². The van der Waals surface area contributed by atoms with Crippen molar-refractivity contribution in [1.82, 2.24) is 4.90 Å². The van der Waals surface area contributed by atoms with Crippen LogP contribution < -0.4 is 5.14 Å². The van der Waals surface area contributed by atoms with Crippen LogP contribution in [0.25, 0.3) is 0 Å². The lowest BCUT2D eigenvalue weighted by molar-refractivity contribution is 0.0727. The number of sulfonamides is 1. The fraction of sp³-hybridized carbons (Fsp3) is 0.278. The molecule has 1 aliphatic carbocycles. The topological polar surface area (TPSA) is 80.5 Å². The summed E-state index contributed by atoms with van der Waals surface area (Å²) >= 11 is 0. The zero-order valence-corrected chi connectivity index (χ0v) is 14.6. The summed E-state index contributed by atoms with van der Waals surface area (Å²) in [4.78, 5) is 14.5. The van der Waals surface area contributed by atoms with E-state index in [9.17, 15) is 17.6 Å². The monoisotopic (exact) mass is 362 g/mol. The lowest BCUT2D eigenvalue weighted by Gasteiger charge is -2.24. The Bertz CT molecular complexity index is 924. The zero-order valence-electron chi connectivity index (χ0n) is 13.8. The maximum Gasteiger partial charge on any atom is 0.254 e. The van der Waals surface area contributed by atoms with Gasteiger partial charge in [-0.1, -0.05) is 24.3 Å². The number of halogens is 1. The summed E-state index contributed by atoms with van der Waals surface area (Å²) in [6, 6.07) is 10.6. The first-order valence-electron chi connectivity index (χ1n) is 7.95. The number of nitrogens with two attached hydrogens (primary N) is 1. The molecule has 0 aromatic heterocycles. The average molecular weight is 362 g/mol. The van der Waals surface area contributed by atoms with Gasteiger partial charge in [-0.05, 0) is 43.5 Å². The molecule has 0 atom stereocenters. The zero-order chi connectivity index (χ0) is 18.2. The molecule has 1 amide bonds. The summed E-state index contributed by atoms with van der Waals surface area (Å²) in [7, 11) is -3.90. The van der Waals surface area contributed by atoms with Gasteiger partial charge in [-0.2, -0.15) is 0 Å². The molecule has 0 saturated heterocycles. The highest BCUT2D eigenvalue weighted by Gasteiger charge is 2.34. The van der Waals surface area contributed by atoms with E-state index in [0.717, 1.165) is 12.8 Å². The number of benzene rings is 2. The Kier molecular flexibility index (Phi) is 4.62. The Hall–Kier alpha value is -2.25. The van der Waals surface area contributed by atoms with Crippen molar-refractivity contribution in [3.8, 4) is 0 Å². The summed E-state index contributed by atoms with van der Waals surface area (Å²) in [5, 5.41) is 5.17. The number of rotatable bonds is 5. The summed E-state index contributed by atoms with van der Waals surface area (Å²) in [6.45, 7) is 1.88. The van der Waals surface area contributed by atoms with Gasteiger partial charge in [0.1, 0.15) is 5.82 Å². The highest BCUT2D eigenvalue weighted by Crippen LogP contribution is 2.31. The number of amides is 1. The van der Waals surface area contributed by atoms with Gasteiger partial charge in [0.2, 0.25) is 10.0 Å². The van der Waals surface area contributed by atoms with Gasteiger partial charge in [-0.15, -0.1) is 0 Å². The second kappa shape index (κ2) is 6.57. The van der Waals surface area contributed by atoms with E-state index >= 15 is 0 Å². The molecule has 0 heterocycles. The number of hydrogen-bond donors (Lipinski definition) is 1. The number of nitrogens with zero attached hydrogens (tertiary/aromatic N) is 1. The van der Waals surface area contributed by atoms with Gasteiger partial charge in [-0.25, -0.2) is 17.9 Å². The molecule has 7 heteroatoms. The number of primary sulfonamides is 1. The van der Waals surface area contributed by atoms with Gasteiger partial charge in [0.05, 0.1) is 4.90 Å². The molecule has 0 radical (unpaired) electrons. The van der Waals surface area contributed by atoms with Crippen LogP contribution in [0.2, 0.25) is 0 Å². The molecule has 2 aromatic rings. The fourth-order valence-electron chi connectivity index (χ4n) is 2.73. The van der Waals surface area contributed by atoms with Crippen LogP contribution in [0.3, 0.4) is 0 Å². The van der Waals surface area contributed by atoms with Gasteiger partial charge in [0.25, 0.3) is 5.91 Å². The molecule has 2 N–H and O–H groups in total. The van der Waals surface area contributed by atoms with Gasteiger partial charge in [-0.3, -0.25) is 4.79 Å². The lowest BCUT2D eigenvalue weighted by atomic mass is 10.1. The first kappa shape index (κ1) is 17.6. The molecule has 1 fully saturated rings. The fourth-order valence-corrected chi connectivity index (χ4v) is 3.27. The van der Waals surface area contributed by atoms with Crippen molar-refractivity contribution < 1.29 is 17.6 Å². The van der Waals surface area contributed by atoms with E-state index in [1.165, 1.54) is 18.2 Å². The second-order valence-electron chi connectivity index (χ2n) is 6.28. The Morgan fingerprint density at radius 1 is 1.24 bits per heavy atom. The van der Waals surface area contributed by atoms with Gasteiger partial charge in [0.15, 0.2) is 0 Å². The largest absolute Gasteiger partial charge is 0.331 e. The molecule has 0 unspecified atom stereocenters. The van der Waals surface area contributed by atoms with Crippen molar-refractivity contribution in [1.29, 1.82) is 0 Å². The number of aryl methyl sites for hydroxylation is 1. The van der Waals surface area contributed by atoms with E-state index in [0.29, 0.717) is 11.1 Å². The third-order valence-electron chi connectivity index (χ3n) is 4.32. The van der Waals surface area contributed by atoms with E-state index in [1.807, 2.05) is 0 Å². The molecular weight excluding hydrogens is 343 g/mol. The number of hydrogen-bond acceptors (Lipinski definition) is 3. The van der Waals surface area contributed by atoms with Crippen molar-refractivity contribution in [2.75, 3.05) is 0 Å². The smallest absolute Gasteiger partial charge is 0.254 e. The van der Waals surface area contributed by atoms with Gasteiger partial charge in [0, 0.05) is 23.7 Å². The Morgan fingerprint density at radius 2 is 1.92 bits per heavy atom. The van der Waals surface area contributed by atoms with Crippen LogP contribution in [0.4, 0.5) is 4.39 Å². The quantitative estimate of drug-likeness (QED) is 0.888. The van der Waals surface area contributed by atoms with E-state index < -0.39 is 10.0 Å². The number of carbonyl (C=O) groups excluding carboxylic acids is 1. The van der Waals surface area contributed by atoms with Crippen molar-refractivity contribution in [3.05, 3.63) is 65.0 Å². The Morgan fingerprint density at radius 3 is 2.52 bits per heavy atom. The molecule has 0 aliphatic heterocycles. The Labute approximate surface area is 146 Å². The highest BCUT2D eigenvalue weighted by molar-refractivity contribution is 7.89. The molecule has 0 spiro atoms. The first-order chi connectivity index (χ1) is 11.8. The first-order valence-corrected chi connectivity index (χ1v) is 9.50. The van der Waals surface area contributed by atoms with Gasteiger partial charge < -0.3 is 4.90 Å². The van der Waals surface area contributed by atoms with Crippen molar-refractivity contribution in [2.45, 2.75) is 37.2 Å². The van der Waals surface area contributed by atoms with E-state index in [4.69, 9.17) is 5.14 Å². The predicted octanol–water partition coefficient (Wildman–Crippen LogP) is 2.59. The van der Waals surface area contributed by atoms with Crippen molar-refractivity contribution in [2.24, 2.45) is 5.14 Å². The lowest BCUT2D eigenvalue weighted by Crippen LogP contribution is -2.33. The van der Waals surface area contributed by atoms with E-state index in [1.54, 1.807) is 36.1 Å². The minimum absolute atomic E-state index is 0.0460. The third kappa shape index (κ3) is 3.88. The summed E-state index contributed by atoms with van der Waals surface area (Å²) in [5.74, 6) is -0.676. The highest BCUT2D eigenvalue weighted by atomic mass is 32.2. The molecule has 3 rings (SSSR count). The van der Waals surface area contributed by atoms with Crippen LogP contribution in [0.5, 0.6) is 0 Å². The summed E-state index contributed by atoms with van der Waals surface area (Å²) in [5.41, 5.74) is 1.36. The van der Waals surface area contributed by atoms with Crippen LogP contribution in [0.1, 0.15) is 34.3 Å². The maximum absolute atomic E-state index is 14.0. The molecule has 132 valence electrons. The van der Waals surface area contributed by atoms with Crippen molar-refractivity contribution in [3.63, 3.8) is 0 Å². The van der Waals surface area contributed by atoms with Crippen LogP contribution >= 0.6 is 0 Å². The molecule has 1 saturated carbocycles. The van der Waals surface area contributed by atoms with Gasteiger partial charge >= 0.3 is 0 Å². The molecule has 1 aliphatic rings. The van der Waals surface area contributed by atoms with E-state index in [-0.39, 0.29) is 34.8 Å². The van der Waals surface area contributed by atoms with Crippen LogP contribution in [0.15, 0.2) is 47.4 Å². The normalized spacial score (nSPS) is 14.4. The minimum Gasteiger partial charge on any atom is -0.331 e. The molecule has 5 nitrogen and oxygen atoms in total. The number of carbonyl (C=O) groups is 1. The standard InChI is InChI=1S/C18H19FN2O3S/c1-12-6-9-15(25(20,23)24)10-16(12)18(22)21(14-7-8-14)11-13-4-2-3-5-17(13)19/h2-6,9-10,14H,7-8,11H2,1H3,(H2,20,23,24). The third-order valence-corrected chi connectivity index (χ3v) is 5.23. The minimum atomic E-state index is -3.90.